The Morgan fingerprint density at radius 2 is 2.15 bits per heavy atom. The van der Waals surface area contributed by atoms with Crippen LogP contribution in [0.2, 0.25) is 5.15 Å². The van der Waals surface area contributed by atoms with Crippen LogP contribution in [-0.2, 0) is 16.0 Å². The van der Waals surface area contributed by atoms with Crippen molar-refractivity contribution in [2.75, 3.05) is 0 Å². The number of hydrogen-bond acceptors (Lipinski definition) is 4. The van der Waals surface area contributed by atoms with Gasteiger partial charge in [0.1, 0.15) is 16.8 Å². The number of carbonyl (C=O) groups excluding carboxylic acids is 1. The van der Waals surface area contributed by atoms with E-state index in [0.29, 0.717) is 5.56 Å². The summed E-state index contributed by atoms with van der Waals surface area (Å²) in [5, 5.41) is 11.7. The van der Waals surface area contributed by atoms with Crippen LogP contribution in [0, 0.1) is 0 Å². The van der Waals surface area contributed by atoms with Crippen molar-refractivity contribution in [2.24, 2.45) is 0 Å². The maximum absolute atomic E-state index is 11.6. The molecule has 1 aromatic rings. The van der Waals surface area contributed by atoms with Crippen LogP contribution in [0.1, 0.15) is 26.3 Å². The van der Waals surface area contributed by atoms with E-state index in [-0.39, 0.29) is 11.6 Å². The van der Waals surface area contributed by atoms with Gasteiger partial charge in [0.15, 0.2) is 0 Å². The number of rotatable bonds is 4. The van der Waals surface area contributed by atoms with E-state index in [1.165, 1.54) is 6.20 Å². The molecule has 6 nitrogen and oxygen atoms in total. The Morgan fingerprint density at radius 3 is 2.65 bits per heavy atom. The summed E-state index contributed by atoms with van der Waals surface area (Å²) in [6.07, 6.45) is 0.797. The molecule has 0 saturated heterocycles. The van der Waals surface area contributed by atoms with Gasteiger partial charge in [-0.2, -0.15) is 0 Å². The van der Waals surface area contributed by atoms with E-state index in [9.17, 15) is 9.59 Å². The summed E-state index contributed by atoms with van der Waals surface area (Å²) in [6, 6.07) is 2.09. The fraction of sp³-hybridized carbons (Fsp3) is 0.462. The summed E-state index contributed by atoms with van der Waals surface area (Å²) in [5.41, 5.74) is -0.0268. The number of halogens is 1. The third-order valence-electron chi connectivity index (χ3n) is 2.22. The van der Waals surface area contributed by atoms with Crippen molar-refractivity contribution in [3.63, 3.8) is 0 Å². The van der Waals surface area contributed by atoms with E-state index in [2.05, 4.69) is 10.3 Å². The van der Waals surface area contributed by atoms with Gasteiger partial charge in [-0.3, -0.25) is 0 Å². The normalized spacial score (nSPS) is 12.6. The predicted octanol–water partition coefficient (Wildman–Crippen LogP) is 2.26. The second-order valence-corrected chi connectivity index (χ2v) is 5.62. The van der Waals surface area contributed by atoms with Crippen LogP contribution in [-0.4, -0.2) is 33.8 Å². The van der Waals surface area contributed by atoms with Gasteiger partial charge < -0.3 is 15.2 Å². The van der Waals surface area contributed by atoms with Gasteiger partial charge in [0, 0.05) is 12.6 Å². The highest BCUT2D eigenvalue weighted by Crippen LogP contribution is 2.11. The molecule has 20 heavy (non-hydrogen) atoms. The average molecular weight is 301 g/mol. The number of aliphatic carboxylic acids is 1. The van der Waals surface area contributed by atoms with Crippen LogP contribution >= 0.6 is 11.6 Å². The zero-order valence-corrected chi connectivity index (χ0v) is 12.3. The molecule has 0 unspecified atom stereocenters. The van der Waals surface area contributed by atoms with Gasteiger partial charge in [-0.25, -0.2) is 14.6 Å². The molecule has 1 atom stereocenters. The fourth-order valence-corrected chi connectivity index (χ4v) is 1.65. The monoisotopic (exact) mass is 300 g/mol. The number of carboxylic acid groups (broad SMARTS) is 1. The minimum atomic E-state index is -1.15. The minimum absolute atomic E-state index is 0.0941. The zero-order valence-electron chi connectivity index (χ0n) is 11.5. The number of nitrogens with one attached hydrogen (secondary N) is 1. The molecule has 0 aromatic carbocycles. The van der Waals surface area contributed by atoms with Crippen LogP contribution in [0.4, 0.5) is 4.79 Å². The number of aromatic nitrogens is 1. The van der Waals surface area contributed by atoms with Gasteiger partial charge in [-0.1, -0.05) is 11.6 Å². The van der Waals surface area contributed by atoms with Crippen LogP contribution in [0.3, 0.4) is 0 Å². The summed E-state index contributed by atoms with van der Waals surface area (Å²) in [7, 11) is 0. The van der Waals surface area contributed by atoms with Crippen molar-refractivity contribution in [1.82, 2.24) is 10.3 Å². The lowest BCUT2D eigenvalue weighted by Gasteiger charge is -2.22. The van der Waals surface area contributed by atoms with Gasteiger partial charge in [-0.15, -0.1) is 0 Å². The van der Waals surface area contributed by atoms with Crippen molar-refractivity contribution in [2.45, 2.75) is 38.8 Å². The molecular formula is C13H17ClN2O4. The van der Waals surface area contributed by atoms with E-state index in [1.807, 2.05) is 0 Å². The van der Waals surface area contributed by atoms with E-state index in [4.69, 9.17) is 21.4 Å². The fourth-order valence-electron chi connectivity index (χ4n) is 1.46. The first-order valence-corrected chi connectivity index (χ1v) is 6.38. The highest BCUT2D eigenvalue weighted by Gasteiger charge is 2.24. The number of carboxylic acids is 1. The Morgan fingerprint density at radius 1 is 1.50 bits per heavy atom. The minimum Gasteiger partial charge on any atom is -0.480 e. The molecule has 2 N–H and O–H groups in total. The van der Waals surface area contributed by atoms with Crippen molar-refractivity contribution in [3.8, 4) is 0 Å². The summed E-state index contributed by atoms with van der Waals surface area (Å²) < 4.78 is 5.03. The van der Waals surface area contributed by atoms with Gasteiger partial charge >= 0.3 is 12.1 Å². The summed E-state index contributed by atoms with van der Waals surface area (Å²) in [5.74, 6) is -1.15. The average Bonchev–Trinajstić information content (AvgIpc) is 2.25. The SMILES string of the molecule is CC(C)(C)OC(=O)N[C@@H](Cc1ccnc(Cl)c1)C(=O)O. The van der Waals surface area contributed by atoms with Crippen molar-refractivity contribution < 1.29 is 19.4 Å². The van der Waals surface area contributed by atoms with Crippen molar-refractivity contribution >= 4 is 23.7 Å². The highest BCUT2D eigenvalue weighted by molar-refractivity contribution is 6.29. The van der Waals surface area contributed by atoms with Crippen LogP contribution in [0.15, 0.2) is 18.3 Å². The molecule has 0 saturated carbocycles. The topological polar surface area (TPSA) is 88.5 Å². The van der Waals surface area contributed by atoms with Crippen molar-refractivity contribution in [1.29, 1.82) is 0 Å². The number of alkyl carbamates (subject to hydrolysis) is 1. The summed E-state index contributed by atoms with van der Waals surface area (Å²) in [4.78, 5) is 26.6. The summed E-state index contributed by atoms with van der Waals surface area (Å²) in [6.45, 7) is 5.10. The molecule has 1 amide bonds. The number of nitrogens with zero attached hydrogens (tertiary/aromatic N) is 1. The number of ether oxygens (including phenoxy) is 1. The molecule has 0 aliphatic heterocycles. The third kappa shape index (κ3) is 5.88. The van der Waals surface area contributed by atoms with E-state index < -0.39 is 23.7 Å². The zero-order chi connectivity index (χ0) is 15.3. The Hall–Kier alpha value is -1.82. The molecule has 1 rings (SSSR count). The first-order valence-electron chi connectivity index (χ1n) is 6.00. The van der Waals surface area contributed by atoms with E-state index >= 15 is 0 Å². The van der Waals surface area contributed by atoms with Gasteiger partial charge in [0.05, 0.1) is 0 Å². The van der Waals surface area contributed by atoms with Crippen LogP contribution < -0.4 is 5.32 Å². The lowest BCUT2D eigenvalue weighted by Crippen LogP contribution is -2.44. The second-order valence-electron chi connectivity index (χ2n) is 5.23. The van der Waals surface area contributed by atoms with Gasteiger partial charge in [-0.05, 0) is 38.5 Å². The van der Waals surface area contributed by atoms with Gasteiger partial charge in [0.25, 0.3) is 0 Å². The molecule has 0 aliphatic carbocycles. The van der Waals surface area contributed by atoms with Crippen LogP contribution in [0.5, 0.6) is 0 Å². The number of hydrogen-bond donors (Lipinski definition) is 2. The Labute approximate surface area is 122 Å². The largest absolute Gasteiger partial charge is 0.480 e. The second kappa shape index (κ2) is 6.56. The smallest absolute Gasteiger partial charge is 0.408 e. The number of carbonyl (C=O) groups is 2. The maximum atomic E-state index is 11.6. The predicted molar refractivity (Wildman–Crippen MR) is 73.7 cm³/mol. The Kier molecular flexibility index (Phi) is 5.33. The molecule has 1 heterocycles. The van der Waals surface area contributed by atoms with Crippen LogP contribution in [0.25, 0.3) is 0 Å². The third-order valence-corrected chi connectivity index (χ3v) is 2.43. The summed E-state index contributed by atoms with van der Waals surface area (Å²) >= 11 is 5.73. The maximum Gasteiger partial charge on any atom is 0.408 e. The standard InChI is InChI=1S/C13H17ClN2O4/c1-13(2,3)20-12(19)16-9(11(17)18)6-8-4-5-15-10(14)7-8/h4-5,7,9H,6H2,1-3H3,(H,16,19)(H,17,18)/t9-/m0/s1. The first-order chi connectivity index (χ1) is 9.17. The Bertz CT molecular complexity index is 499. The lowest BCUT2D eigenvalue weighted by molar-refractivity contribution is -0.139. The van der Waals surface area contributed by atoms with Gasteiger partial charge in [0.2, 0.25) is 0 Å². The molecule has 0 bridgehead atoms. The molecule has 7 heteroatoms. The highest BCUT2D eigenvalue weighted by atomic mass is 35.5. The van der Waals surface area contributed by atoms with E-state index in [1.54, 1.807) is 32.9 Å². The number of amides is 1. The quantitative estimate of drug-likeness (QED) is 0.833. The Balaban J connectivity index is 2.71. The lowest BCUT2D eigenvalue weighted by atomic mass is 10.1. The molecule has 0 fully saturated rings. The molecule has 110 valence electrons. The molecule has 0 spiro atoms. The van der Waals surface area contributed by atoms with E-state index in [0.717, 1.165) is 0 Å². The molecular weight excluding hydrogens is 284 g/mol. The first kappa shape index (κ1) is 16.2. The molecule has 0 aliphatic rings. The molecule has 1 aromatic heterocycles. The van der Waals surface area contributed by atoms with Crippen molar-refractivity contribution in [3.05, 3.63) is 29.0 Å². The number of pyridine rings is 1. The molecule has 0 radical (unpaired) electrons.